The maximum Gasteiger partial charge on any atom is 0.252 e. The van der Waals surface area contributed by atoms with Crippen molar-refractivity contribution in [3.63, 3.8) is 0 Å². The first-order valence-electron chi connectivity index (χ1n) is 8.74. The molecule has 2 aliphatic heterocycles. The average molecular weight is 379 g/mol. The molecule has 4 rings (SSSR count). The second-order valence-corrected chi connectivity index (χ2v) is 8.84. The zero-order valence-electron chi connectivity index (χ0n) is 14.5. The Morgan fingerprint density at radius 1 is 1.23 bits per heavy atom. The molecule has 0 aromatic carbocycles. The molecule has 0 radical (unpaired) electrons. The molecule has 9 nitrogen and oxygen atoms in total. The minimum atomic E-state index is -3.45. The van der Waals surface area contributed by atoms with Crippen LogP contribution in [0.2, 0.25) is 0 Å². The summed E-state index contributed by atoms with van der Waals surface area (Å²) < 4.78 is 31.5. The number of amides is 1. The fourth-order valence-corrected chi connectivity index (χ4v) is 4.67. The molecule has 2 aliphatic rings. The van der Waals surface area contributed by atoms with Gasteiger partial charge in [0.25, 0.3) is 11.7 Å². The SMILES string of the molecule is CS(=O)(=O)c1cnc2ncnn2c1C1CCN(C(=O)[C@H]2CCCO2)CC1. The number of hydrogen-bond acceptors (Lipinski definition) is 7. The topological polar surface area (TPSA) is 107 Å². The van der Waals surface area contributed by atoms with E-state index in [-0.39, 0.29) is 22.8 Å². The van der Waals surface area contributed by atoms with E-state index in [4.69, 9.17) is 4.74 Å². The van der Waals surface area contributed by atoms with E-state index in [0.717, 1.165) is 12.8 Å². The molecule has 0 spiro atoms. The van der Waals surface area contributed by atoms with Crippen molar-refractivity contribution in [3.8, 4) is 0 Å². The molecule has 1 amide bonds. The summed E-state index contributed by atoms with van der Waals surface area (Å²) in [5.74, 6) is 0.399. The average Bonchev–Trinajstić information content (AvgIpc) is 3.31. The van der Waals surface area contributed by atoms with Gasteiger partial charge < -0.3 is 9.64 Å². The lowest BCUT2D eigenvalue weighted by atomic mass is 9.93. The van der Waals surface area contributed by atoms with Crippen LogP contribution in [0.25, 0.3) is 5.78 Å². The number of carbonyl (C=O) groups is 1. The number of sulfone groups is 1. The number of aromatic nitrogens is 4. The number of rotatable bonds is 3. The standard InChI is InChI=1S/C16H21N5O4S/c1-26(23,24)13-9-17-16-18-10-19-21(16)14(13)11-4-6-20(7-5-11)15(22)12-3-2-8-25-12/h9-12H,2-8H2,1H3/t12-/m1/s1. The first kappa shape index (κ1) is 17.3. The molecule has 0 unspecified atom stereocenters. The van der Waals surface area contributed by atoms with Crippen LogP contribution in [0.3, 0.4) is 0 Å². The molecule has 2 saturated heterocycles. The second-order valence-electron chi connectivity index (χ2n) is 6.85. The number of carbonyl (C=O) groups excluding carboxylic acids is 1. The monoisotopic (exact) mass is 379 g/mol. The zero-order chi connectivity index (χ0) is 18.3. The van der Waals surface area contributed by atoms with Crippen LogP contribution in [0.15, 0.2) is 17.4 Å². The predicted octanol–water partition coefficient (Wildman–Crippen LogP) is 0.413. The predicted molar refractivity (Wildman–Crippen MR) is 91.4 cm³/mol. The molecule has 4 heterocycles. The van der Waals surface area contributed by atoms with Crippen molar-refractivity contribution >= 4 is 21.5 Å². The molecule has 140 valence electrons. The van der Waals surface area contributed by atoms with Crippen LogP contribution >= 0.6 is 0 Å². The van der Waals surface area contributed by atoms with Crippen molar-refractivity contribution in [3.05, 3.63) is 18.2 Å². The summed E-state index contributed by atoms with van der Waals surface area (Å²) in [5, 5.41) is 4.16. The Morgan fingerprint density at radius 3 is 2.65 bits per heavy atom. The van der Waals surface area contributed by atoms with Crippen molar-refractivity contribution in [2.24, 2.45) is 0 Å². The summed E-state index contributed by atoms with van der Waals surface area (Å²) in [5.41, 5.74) is 0.610. The van der Waals surface area contributed by atoms with Crippen molar-refractivity contribution in [2.75, 3.05) is 26.0 Å². The Morgan fingerprint density at radius 2 is 2.00 bits per heavy atom. The van der Waals surface area contributed by atoms with E-state index in [9.17, 15) is 13.2 Å². The first-order chi connectivity index (χ1) is 12.4. The van der Waals surface area contributed by atoms with Gasteiger partial charge in [-0.25, -0.2) is 13.4 Å². The number of piperidine rings is 1. The highest BCUT2D eigenvalue weighted by Crippen LogP contribution is 2.32. The van der Waals surface area contributed by atoms with Gasteiger partial charge in [0.05, 0.1) is 11.9 Å². The highest BCUT2D eigenvalue weighted by molar-refractivity contribution is 7.90. The Labute approximate surface area is 151 Å². The normalized spacial score (nSPS) is 22.2. The smallest absolute Gasteiger partial charge is 0.252 e. The lowest BCUT2D eigenvalue weighted by Gasteiger charge is -2.33. The molecule has 0 N–H and O–H groups in total. The molecule has 0 bridgehead atoms. The van der Waals surface area contributed by atoms with Crippen LogP contribution in [0, 0.1) is 0 Å². The summed E-state index contributed by atoms with van der Waals surface area (Å²) in [6.45, 7) is 1.79. The zero-order valence-corrected chi connectivity index (χ0v) is 15.4. The van der Waals surface area contributed by atoms with Gasteiger partial charge in [0.1, 0.15) is 17.3 Å². The highest BCUT2D eigenvalue weighted by atomic mass is 32.2. The van der Waals surface area contributed by atoms with Crippen molar-refractivity contribution in [1.29, 1.82) is 0 Å². The summed E-state index contributed by atoms with van der Waals surface area (Å²) in [6.07, 6.45) is 6.62. The Balaban J connectivity index is 1.59. The number of fused-ring (bicyclic) bond motifs is 1. The first-order valence-corrected chi connectivity index (χ1v) is 10.6. The van der Waals surface area contributed by atoms with Crippen molar-refractivity contribution < 1.29 is 17.9 Å². The van der Waals surface area contributed by atoms with E-state index in [2.05, 4.69) is 15.1 Å². The van der Waals surface area contributed by atoms with Gasteiger partial charge in [0, 0.05) is 31.9 Å². The van der Waals surface area contributed by atoms with Crippen LogP contribution in [0.1, 0.15) is 37.3 Å². The van der Waals surface area contributed by atoms with Gasteiger partial charge in [-0.2, -0.15) is 14.6 Å². The number of likely N-dealkylation sites (tertiary alicyclic amines) is 1. The lowest BCUT2D eigenvalue weighted by molar-refractivity contribution is -0.142. The molecular weight excluding hydrogens is 358 g/mol. The van der Waals surface area contributed by atoms with Gasteiger partial charge in [-0.3, -0.25) is 4.79 Å². The molecule has 2 aromatic heterocycles. The fourth-order valence-electron chi connectivity index (χ4n) is 3.79. The van der Waals surface area contributed by atoms with E-state index in [0.29, 0.717) is 44.0 Å². The van der Waals surface area contributed by atoms with Gasteiger partial charge in [-0.15, -0.1) is 0 Å². The number of hydrogen-bond donors (Lipinski definition) is 0. The third-order valence-corrected chi connectivity index (χ3v) is 6.22. The van der Waals surface area contributed by atoms with E-state index < -0.39 is 9.84 Å². The van der Waals surface area contributed by atoms with E-state index in [1.807, 2.05) is 4.90 Å². The quantitative estimate of drug-likeness (QED) is 0.760. The third kappa shape index (κ3) is 3.07. The highest BCUT2D eigenvalue weighted by Gasteiger charge is 2.33. The van der Waals surface area contributed by atoms with Crippen LogP contribution in [-0.2, 0) is 19.4 Å². The maximum atomic E-state index is 12.5. The second kappa shape index (κ2) is 6.58. The largest absolute Gasteiger partial charge is 0.368 e. The summed E-state index contributed by atoms with van der Waals surface area (Å²) >= 11 is 0. The summed E-state index contributed by atoms with van der Waals surface area (Å²) in [6, 6.07) is 0. The molecule has 2 aromatic rings. The fraction of sp³-hybridized carbons (Fsp3) is 0.625. The lowest BCUT2D eigenvalue weighted by Crippen LogP contribution is -2.43. The van der Waals surface area contributed by atoms with Crippen LogP contribution in [-0.4, -0.2) is 70.9 Å². The van der Waals surface area contributed by atoms with E-state index >= 15 is 0 Å². The minimum Gasteiger partial charge on any atom is -0.368 e. The van der Waals surface area contributed by atoms with Crippen LogP contribution in [0.5, 0.6) is 0 Å². The van der Waals surface area contributed by atoms with Crippen molar-refractivity contribution in [1.82, 2.24) is 24.5 Å². The van der Waals surface area contributed by atoms with Gasteiger partial charge in [0.15, 0.2) is 9.84 Å². The number of nitrogens with zero attached hydrogens (tertiary/aromatic N) is 5. The molecule has 0 aliphatic carbocycles. The maximum absolute atomic E-state index is 12.5. The summed E-state index contributed by atoms with van der Waals surface area (Å²) in [4.78, 5) is 22.7. The molecule has 26 heavy (non-hydrogen) atoms. The van der Waals surface area contributed by atoms with E-state index in [1.165, 1.54) is 23.3 Å². The Bertz CT molecular complexity index is 927. The molecule has 0 saturated carbocycles. The van der Waals surface area contributed by atoms with Gasteiger partial charge in [-0.1, -0.05) is 0 Å². The minimum absolute atomic E-state index is 0.0273. The molecule has 10 heteroatoms. The van der Waals surface area contributed by atoms with Gasteiger partial charge in [0.2, 0.25) is 0 Å². The molecule has 2 fully saturated rings. The Kier molecular flexibility index (Phi) is 4.39. The van der Waals surface area contributed by atoms with Gasteiger partial charge >= 0.3 is 0 Å². The number of ether oxygens (including phenoxy) is 1. The molecular formula is C16H21N5O4S. The van der Waals surface area contributed by atoms with Crippen molar-refractivity contribution in [2.45, 2.75) is 42.6 Å². The van der Waals surface area contributed by atoms with E-state index in [1.54, 1.807) is 0 Å². The summed E-state index contributed by atoms with van der Waals surface area (Å²) in [7, 11) is -3.45. The Hall–Kier alpha value is -2.07. The third-order valence-electron chi connectivity index (χ3n) is 5.11. The van der Waals surface area contributed by atoms with Crippen LogP contribution < -0.4 is 0 Å². The molecule has 1 atom stereocenters. The van der Waals surface area contributed by atoms with Crippen LogP contribution in [0.4, 0.5) is 0 Å². The van der Waals surface area contributed by atoms with Gasteiger partial charge in [-0.05, 0) is 25.7 Å².